The molecule has 2 unspecified atom stereocenters. The molecule has 1 saturated carbocycles. The molecule has 2 aliphatic rings. The van der Waals surface area contributed by atoms with Crippen LogP contribution in [0.4, 0.5) is 0 Å². The lowest BCUT2D eigenvalue weighted by atomic mass is 9.67. The van der Waals surface area contributed by atoms with Crippen LogP contribution in [0.3, 0.4) is 0 Å². The van der Waals surface area contributed by atoms with Crippen LogP contribution in [-0.2, 0) is 0 Å². The van der Waals surface area contributed by atoms with Gasteiger partial charge >= 0.3 is 0 Å². The second-order valence-electron chi connectivity index (χ2n) is 4.35. The molecule has 0 N–H and O–H groups in total. The summed E-state index contributed by atoms with van der Waals surface area (Å²) in [5.74, 6) is 2.17. The van der Waals surface area contributed by atoms with Crippen molar-refractivity contribution in [3.8, 4) is 0 Å². The van der Waals surface area contributed by atoms with Gasteiger partial charge in [0.1, 0.15) is 7.28 Å². The first-order valence-corrected chi connectivity index (χ1v) is 5.27. The van der Waals surface area contributed by atoms with Crippen molar-refractivity contribution in [2.24, 2.45) is 11.8 Å². The summed E-state index contributed by atoms with van der Waals surface area (Å²) in [5, 5.41) is 0. The molecule has 0 aromatic carbocycles. The van der Waals surface area contributed by atoms with Crippen molar-refractivity contribution in [3.05, 3.63) is 0 Å². The van der Waals surface area contributed by atoms with E-state index in [-0.39, 0.29) is 0 Å². The maximum absolute atomic E-state index is 2.54. The van der Waals surface area contributed by atoms with Gasteiger partial charge in [0.05, 0.1) is 0 Å². The van der Waals surface area contributed by atoms with Gasteiger partial charge in [-0.05, 0) is 18.3 Å². The Morgan fingerprint density at radius 2 is 1.73 bits per heavy atom. The fourth-order valence-corrected chi connectivity index (χ4v) is 2.76. The molecular formula is C10H18B. The van der Waals surface area contributed by atoms with Crippen molar-refractivity contribution in [3.63, 3.8) is 0 Å². The van der Waals surface area contributed by atoms with Crippen LogP contribution in [0.25, 0.3) is 0 Å². The third kappa shape index (κ3) is 2.01. The lowest BCUT2D eigenvalue weighted by Gasteiger charge is -2.14. The Labute approximate surface area is 71.0 Å². The second-order valence-corrected chi connectivity index (χ2v) is 4.35. The van der Waals surface area contributed by atoms with E-state index in [1.165, 1.54) is 44.7 Å². The molecule has 0 amide bonds. The summed E-state index contributed by atoms with van der Waals surface area (Å²) in [6.45, 7) is 0. The highest BCUT2D eigenvalue weighted by Crippen LogP contribution is 2.35. The summed E-state index contributed by atoms with van der Waals surface area (Å²) in [6.07, 6.45) is 12.0. The van der Waals surface area contributed by atoms with Gasteiger partial charge in [-0.15, -0.1) is 0 Å². The molecule has 1 aliphatic heterocycles. The van der Waals surface area contributed by atoms with Crippen LogP contribution in [0.2, 0.25) is 12.6 Å². The quantitative estimate of drug-likeness (QED) is 0.464. The molecule has 0 spiro atoms. The predicted molar refractivity (Wildman–Crippen MR) is 50.1 cm³/mol. The Bertz CT molecular complexity index is 96.0. The molecule has 1 saturated heterocycles. The summed E-state index contributed by atoms with van der Waals surface area (Å²) < 4.78 is 0. The molecule has 2 rings (SSSR count). The highest BCUT2D eigenvalue weighted by atomic mass is 14.2. The van der Waals surface area contributed by atoms with E-state index in [0.29, 0.717) is 0 Å². The molecule has 11 heavy (non-hydrogen) atoms. The Morgan fingerprint density at radius 1 is 0.909 bits per heavy atom. The van der Waals surface area contributed by atoms with Crippen LogP contribution < -0.4 is 0 Å². The number of rotatable bonds is 0. The van der Waals surface area contributed by atoms with Gasteiger partial charge in [-0.3, -0.25) is 0 Å². The smallest absolute Gasteiger partial charge is 0.0800 e. The van der Waals surface area contributed by atoms with E-state index >= 15 is 0 Å². The first-order chi connectivity index (χ1) is 5.45. The van der Waals surface area contributed by atoms with Crippen LogP contribution in [0.15, 0.2) is 0 Å². The average molecular weight is 149 g/mol. The SMILES string of the molecule is [B]1CCC2CCCCC(C1)C2. The molecule has 1 aliphatic carbocycles. The van der Waals surface area contributed by atoms with Gasteiger partial charge in [0.2, 0.25) is 0 Å². The van der Waals surface area contributed by atoms with E-state index in [9.17, 15) is 0 Å². The van der Waals surface area contributed by atoms with Crippen molar-refractivity contribution < 1.29 is 0 Å². The van der Waals surface area contributed by atoms with Gasteiger partial charge in [-0.25, -0.2) is 0 Å². The van der Waals surface area contributed by atoms with Gasteiger partial charge in [-0.2, -0.15) is 0 Å². The highest BCUT2D eigenvalue weighted by Gasteiger charge is 2.22. The Morgan fingerprint density at radius 3 is 2.64 bits per heavy atom. The lowest BCUT2D eigenvalue weighted by molar-refractivity contribution is 0.397. The molecule has 0 aromatic heterocycles. The molecule has 61 valence electrons. The van der Waals surface area contributed by atoms with Crippen molar-refractivity contribution in [1.82, 2.24) is 0 Å². The summed E-state index contributed by atoms with van der Waals surface area (Å²) in [5.41, 5.74) is 0. The van der Waals surface area contributed by atoms with E-state index in [1.807, 2.05) is 0 Å². The minimum atomic E-state index is 1.07. The zero-order chi connectivity index (χ0) is 7.52. The largest absolute Gasteiger partial charge is 0.109 e. The summed E-state index contributed by atoms with van der Waals surface area (Å²) in [7, 11) is 2.54. The molecule has 2 bridgehead atoms. The van der Waals surface area contributed by atoms with E-state index in [0.717, 1.165) is 11.8 Å². The summed E-state index contributed by atoms with van der Waals surface area (Å²) in [4.78, 5) is 0. The molecular weight excluding hydrogens is 131 g/mol. The first-order valence-electron chi connectivity index (χ1n) is 5.27. The Kier molecular flexibility index (Phi) is 2.55. The highest BCUT2D eigenvalue weighted by molar-refractivity contribution is 6.35. The number of fused-ring (bicyclic) bond motifs is 2. The number of hydrogen-bond acceptors (Lipinski definition) is 0. The first kappa shape index (κ1) is 7.70. The third-order valence-electron chi connectivity index (χ3n) is 3.42. The monoisotopic (exact) mass is 149 g/mol. The Hall–Kier alpha value is 0.0649. The van der Waals surface area contributed by atoms with Gasteiger partial charge in [0, 0.05) is 0 Å². The summed E-state index contributed by atoms with van der Waals surface area (Å²) in [6, 6.07) is 0. The maximum Gasteiger partial charge on any atom is 0.109 e. The molecule has 2 fully saturated rings. The van der Waals surface area contributed by atoms with Gasteiger partial charge < -0.3 is 0 Å². The fraction of sp³-hybridized carbons (Fsp3) is 1.00. The van der Waals surface area contributed by atoms with Crippen molar-refractivity contribution in [2.75, 3.05) is 0 Å². The zero-order valence-corrected chi connectivity index (χ0v) is 7.39. The number of hydrogen-bond donors (Lipinski definition) is 0. The molecule has 1 radical (unpaired) electrons. The van der Waals surface area contributed by atoms with Crippen LogP contribution in [0, 0.1) is 11.8 Å². The second kappa shape index (κ2) is 3.64. The maximum atomic E-state index is 2.54. The molecule has 1 heterocycles. The van der Waals surface area contributed by atoms with E-state index < -0.39 is 0 Å². The van der Waals surface area contributed by atoms with E-state index in [1.54, 1.807) is 6.42 Å². The van der Waals surface area contributed by atoms with Crippen LogP contribution in [0.5, 0.6) is 0 Å². The third-order valence-corrected chi connectivity index (χ3v) is 3.42. The van der Waals surface area contributed by atoms with Crippen molar-refractivity contribution in [2.45, 2.75) is 51.2 Å². The molecule has 0 aromatic rings. The normalized spacial score (nSPS) is 38.5. The minimum Gasteiger partial charge on any atom is -0.0800 e. The molecule has 2 atom stereocenters. The van der Waals surface area contributed by atoms with Gasteiger partial charge in [0.25, 0.3) is 0 Å². The van der Waals surface area contributed by atoms with E-state index in [4.69, 9.17) is 0 Å². The topological polar surface area (TPSA) is 0 Å². The van der Waals surface area contributed by atoms with Crippen LogP contribution in [0.1, 0.15) is 38.5 Å². The van der Waals surface area contributed by atoms with Crippen LogP contribution in [-0.4, -0.2) is 7.28 Å². The average Bonchev–Trinajstić information content (AvgIpc) is 2.36. The zero-order valence-electron chi connectivity index (χ0n) is 7.39. The van der Waals surface area contributed by atoms with Gasteiger partial charge in [-0.1, -0.05) is 44.7 Å². The van der Waals surface area contributed by atoms with Crippen molar-refractivity contribution >= 4 is 7.28 Å². The fourth-order valence-electron chi connectivity index (χ4n) is 2.76. The van der Waals surface area contributed by atoms with E-state index in [2.05, 4.69) is 7.28 Å². The summed E-state index contributed by atoms with van der Waals surface area (Å²) >= 11 is 0. The Balaban J connectivity index is 1.96. The molecule has 0 nitrogen and oxygen atoms in total. The standard InChI is InChI=1S/C10H18B/c1-2-4-10-7-9(3-1)5-6-11-8-10/h9-10H,1-8H2. The predicted octanol–water partition coefficient (Wildman–Crippen LogP) is 3.13. The lowest BCUT2D eigenvalue weighted by Crippen LogP contribution is -2.02. The van der Waals surface area contributed by atoms with Crippen LogP contribution >= 0.6 is 0 Å². The molecule has 1 heteroatoms. The van der Waals surface area contributed by atoms with Crippen molar-refractivity contribution in [1.29, 1.82) is 0 Å². The minimum absolute atomic E-state index is 1.07. The van der Waals surface area contributed by atoms with Gasteiger partial charge in [0.15, 0.2) is 0 Å².